The molecule has 1 N–H and O–H groups in total. The lowest BCUT2D eigenvalue weighted by Gasteiger charge is -2.25. The van der Waals surface area contributed by atoms with E-state index in [2.05, 4.69) is 10.2 Å². The van der Waals surface area contributed by atoms with Crippen molar-refractivity contribution >= 4 is 12.0 Å². The molecule has 5 heteroatoms. The van der Waals surface area contributed by atoms with Gasteiger partial charge in [-0.25, -0.2) is 0 Å². The molecule has 1 aliphatic rings. The second kappa shape index (κ2) is 8.06. The summed E-state index contributed by atoms with van der Waals surface area (Å²) in [4.78, 5) is 14.5. The first kappa shape index (κ1) is 18.0. The smallest absolute Gasteiger partial charge is 0.247 e. The van der Waals surface area contributed by atoms with Crippen LogP contribution in [0, 0.1) is 0 Å². The summed E-state index contributed by atoms with van der Waals surface area (Å²) in [5.74, 6) is 1.44. The fourth-order valence-electron chi connectivity index (χ4n) is 2.91. The van der Waals surface area contributed by atoms with Crippen molar-refractivity contribution in [3.63, 3.8) is 0 Å². The van der Waals surface area contributed by atoms with E-state index in [9.17, 15) is 4.79 Å². The van der Waals surface area contributed by atoms with Crippen LogP contribution in [0.3, 0.4) is 0 Å². The molecule has 0 saturated heterocycles. The number of nitrogens with zero attached hydrogens (tertiary/aromatic N) is 1. The van der Waals surface area contributed by atoms with Gasteiger partial charge in [-0.1, -0.05) is 36.4 Å². The zero-order chi connectivity index (χ0) is 18.5. The molecular weight excluding hydrogens is 328 g/mol. The van der Waals surface area contributed by atoms with E-state index in [1.807, 2.05) is 75.6 Å². The summed E-state index contributed by atoms with van der Waals surface area (Å²) in [7, 11) is 3.99. The topological polar surface area (TPSA) is 50.8 Å². The van der Waals surface area contributed by atoms with Gasteiger partial charge < -0.3 is 19.7 Å². The van der Waals surface area contributed by atoms with Gasteiger partial charge in [0, 0.05) is 12.1 Å². The standard InChI is InChI=1S/C21H24N2O3/c1-15(11-16-7-5-4-6-8-16)21(24)22-13-18(23(2)3)17-9-10-19-20(12-17)26-14-25-19/h4-12,18H,13-14H2,1-3H3,(H,22,24)/b15-11+. The first-order valence-corrected chi connectivity index (χ1v) is 8.62. The number of rotatable bonds is 6. The van der Waals surface area contributed by atoms with Gasteiger partial charge in [0.05, 0.1) is 6.04 Å². The summed E-state index contributed by atoms with van der Waals surface area (Å²) in [6.45, 7) is 2.59. The molecule has 0 aliphatic carbocycles. The molecule has 0 fully saturated rings. The Labute approximate surface area is 154 Å². The minimum atomic E-state index is -0.0681. The number of nitrogens with one attached hydrogen (secondary N) is 1. The van der Waals surface area contributed by atoms with E-state index in [4.69, 9.17) is 9.47 Å². The van der Waals surface area contributed by atoms with Crippen molar-refractivity contribution in [1.82, 2.24) is 10.2 Å². The Morgan fingerprint density at radius 3 is 2.62 bits per heavy atom. The quantitative estimate of drug-likeness (QED) is 0.811. The van der Waals surface area contributed by atoms with Crippen LogP contribution in [0.5, 0.6) is 11.5 Å². The van der Waals surface area contributed by atoms with Gasteiger partial charge in [-0.05, 0) is 50.4 Å². The highest BCUT2D eigenvalue weighted by atomic mass is 16.7. The molecule has 0 spiro atoms. The molecule has 0 radical (unpaired) electrons. The number of amides is 1. The zero-order valence-corrected chi connectivity index (χ0v) is 15.4. The van der Waals surface area contributed by atoms with Crippen LogP contribution < -0.4 is 14.8 Å². The molecule has 5 nitrogen and oxygen atoms in total. The summed E-state index contributed by atoms with van der Waals surface area (Å²) in [6.07, 6.45) is 1.89. The number of fused-ring (bicyclic) bond motifs is 1. The molecule has 1 amide bonds. The maximum Gasteiger partial charge on any atom is 0.247 e. The zero-order valence-electron chi connectivity index (χ0n) is 15.4. The summed E-state index contributed by atoms with van der Waals surface area (Å²) >= 11 is 0. The van der Waals surface area contributed by atoms with E-state index < -0.39 is 0 Å². The first-order chi connectivity index (χ1) is 12.5. The predicted octanol–water partition coefficient (Wildman–Crippen LogP) is 3.24. The largest absolute Gasteiger partial charge is 0.454 e. The van der Waals surface area contributed by atoms with Gasteiger partial charge in [0.25, 0.3) is 0 Å². The maximum absolute atomic E-state index is 12.5. The molecule has 1 unspecified atom stereocenters. The Kier molecular flexibility index (Phi) is 5.58. The van der Waals surface area contributed by atoms with Crippen molar-refractivity contribution in [2.24, 2.45) is 0 Å². The molecule has 0 aromatic heterocycles. The SMILES string of the molecule is C/C(=C\c1ccccc1)C(=O)NCC(c1ccc2c(c1)OCO2)N(C)C. The average Bonchev–Trinajstić information content (AvgIpc) is 3.10. The Bertz CT molecular complexity index is 800. The van der Waals surface area contributed by atoms with Crippen LogP contribution in [0.1, 0.15) is 24.1 Å². The highest BCUT2D eigenvalue weighted by Gasteiger charge is 2.20. The Morgan fingerprint density at radius 1 is 1.15 bits per heavy atom. The number of carbonyl (C=O) groups is 1. The van der Waals surface area contributed by atoms with Crippen molar-refractivity contribution in [1.29, 1.82) is 0 Å². The van der Waals surface area contributed by atoms with E-state index in [-0.39, 0.29) is 18.7 Å². The molecule has 1 aliphatic heterocycles. The third kappa shape index (κ3) is 4.24. The molecule has 26 heavy (non-hydrogen) atoms. The molecule has 3 rings (SSSR count). The van der Waals surface area contributed by atoms with Gasteiger partial charge >= 0.3 is 0 Å². The number of ether oxygens (including phenoxy) is 2. The second-order valence-electron chi connectivity index (χ2n) is 6.54. The number of benzene rings is 2. The Hall–Kier alpha value is -2.79. The molecule has 0 bridgehead atoms. The van der Waals surface area contributed by atoms with Crippen molar-refractivity contribution in [2.75, 3.05) is 27.4 Å². The highest BCUT2D eigenvalue weighted by molar-refractivity contribution is 5.97. The van der Waals surface area contributed by atoms with E-state index in [1.165, 1.54) is 0 Å². The minimum Gasteiger partial charge on any atom is -0.454 e. The predicted molar refractivity (Wildman–Crippen MR) is 102 cm³/mol. The summed E-state index contributed by atoms with van der Waals surface area (Å²) < 4.78 is 10.8. The average molecular weight is 352 g/mol. The molecule has 2 aromatic rings. The molecule has 1 heterocycles. The highest BCUT2D eigenvalue weighted by Crippen LogP contribution is 2.34. The van der Waals surface area contributed by atoms with Crippen LogP contribution >= 0.6 is 0 Å². The fourth-order valence-corrected chi connectivity index (χ4v) is 2.91. The van der Waals surface area contributed by atoms with Crippen LogP contribution in [0.4, 0.5) is 0 Å². The number of hydrogen-bond donors (Lipinski definition) is 1. The lowest BCUT2D eigenvalue weighted by atomic mass is 10.0. The molecule has 0 saturated carbocycles. The first-order valence-electron chi connectivity index (χ1n) is 8.62. The van der Waals surface area contributed by atoms with Crippen molar-refractivity contribution in [2.45, 2.75) is 13.0 Å². The van der Waals surface area contributed by atoms with Gasteiger partial charge in [-0.2, -0.15) is 0 Å². The summed E-state index contributed by atoms with van der Waals surface area (Å²) in [5.41, 5.74) is 2.77. The Morgan fingerprint density at radius 2 is 1.88 bits per heavy atom. The van der Waals surface area contributed by atoms with E-state index in [0.29, 0.717) is 12.1 Å². The van der Waals surface area contributed by atoms with Gasteiger partial charge in [0.2, 0.25) is 12.7 Å². The second-order valence-corrected chi connectivity index (χ2v) is 6.54. The van der Waals surface area contributed by atoms with E-state index >= 15 is 0 Å². The third-order valence-electron chi connectivity index (χ3n) is 4.40. The molecule has 136 valence electrons. The maximum atomic E-state index is 12.5. The normalized spacial score (nSPS) is 14.4. The monoisotopic (exact) mass is 352 g/mol. The van der Waals surface area contributed by atoms with Gasteiger partial charge in [0.15, 0.2) is 11.5 Å². The summed E-state index contributed by atoms with van der Waals surface area (Å²) in [6, 6.07) is 15.8. The third-order valence-corrected chi connectivity index (χ3v) is 4.40. The minimum absolute atomic E-state index is 0.0398. The van der Waals surface area contributed by atoms with E-state index in [1.54, 1.807) is 0 Å². The fraction of sp³-hybridized carbons (Fsp3) is 0.286. The van der Waals surface area contributed by atoms with Gasteiger partial charge in [-0.15, -0.1) is 0 Å². The van der Waals surface area contributed by atoms with Crippen LogP contribution in [0.2, 0.25) is 0 Å². The van der Waals surface area contributed by atoms with Crippen molar-refractivity contribution < 1.29 is 14.3 Å². The number of likely N-dealkylation sites (N-methyl/N-ethyl adjacent to an activating group) is 1. The molecule has 2 aromatic carbocycles. The van der Waals surface area contributed by atoms with E-state index in [0.717, 1.165) is 22.6 Å². The van der Waals surface area contributed by atoms with Crippen LogP contribution in [0.15, 0.2) is 54.1 Å². The molecule has 1 atom stereocenters. The number of hydrogen-bond acceptors (Lipinski definition) is 4. The van der Waals surface area contributed by atoms with Crippen LogP contribution in [-0.4, -0.2) is 38.2 Å². The van der Waals surface area contributed by atoms with Crippen molar-refractivity contribution in [3.8, 4) is 11.5 Å². The van der Waals surface area contributed by atoms with Crippen molar-refractivity contribution in [3.05, 3.63) is 65.2 Å². The molecular formula is C21H24N2O3. The lowest BCUT2D eigenvalue weighted by Crippen LogP contribution is -2.34. The van der Waals surface area contributed by atoms with Gasteiger partial charge in [-0.3, -0.25) is 4.79 Å². The lowest BCUT2D eigenvalue weighted by molar-refractivity contribution is -0.117. The van der Waals surface area contributed by atoms with Gasteiger partial charge in [0.1, 0.15) is 0 Å². The number of carbonyl (C=O) groups excluding carboxylic acids is 1. The van der Waals surface area contributed by atoms with Crippen LogP contribution in [-0.2, 0) is 4.79 Å². The Balaban J connectivity index is 1.67. The summed E-state index contributed by atoms with van der Waals surface area (Å²) in [5, 5.41) is 3.03. The van der Waals surface area contributed by atoms with Crippen LogP contribution in [0.25, 0.3) is 6.08 Å².